The maximum absolute atomic E-state index is 13.1. The Labute approximate surface area is 247 Å². The summed E-state index contributed by atoms with van der Waals surface area (Å²) in [7, 11) is 3.35. The van der Waals surface area contributed by atoms with Crippen LogP contribution in [0.25, 0.3) is 0 Å². The number of benzene rings is 1. The second-order valence-electron chi connectivity index (χ2n) is 10.4. The van der Waals surface area contributed by atoms with Crippen LogP contribution >= 0.6 is 23.2 Å². The fourth-order valence-electron chi connectivity index (χ4n) is 5.25. The van der Waals surface area contributed by atoms with E-state index in [1.165, 1.54) is 6.42 Å². The van der Waals surface area contributed by atoms with Gasteiger partial charge in [-0.15, -0.1) is 0 Å². The van der Waals surface area contributed by atoms with Crippen molar-refractivity contribution < 1.29 is 14.3 Å². The maximum Gasteiger partial charge on any atom is 0.229 e. The van der Waals surface area contributed by atoms with Crippen molar-refractivity contribution >= 4 is 46.7 Å². The summed E-state index contributed by atoms with van der Waals surface area (Å²) in [5.41, 5.74) is 0.834. The van der Waals surface area contributed by atoms with Gasteiger partial charge < -0.3 is 24.2 Å². The quantitative estimate of drug-likeness (QED) is 0.289. The summed E-state index contributed by atoms with van der Waals surface area (Å²) in [6.07, 6.45) is 5.56. The number of amides is 1. The van der Waals surface area contributed by atoms with Crippen molar-refractivity contribution in [3.8, 4) is 0 Å². The van der Waals surface area contributed by atoms with E-state index >= 15 is 0 Å². The summed E-state index contributed by atoms with van der Waals surface area (Å²) >= 11 is 12.5. The molecular formula is C28H41Cl2N7O3. The molecule has 2 heterocycles. The molecule has 220 valence electrons. The summed E-state index contributed by atoms with van der Waals surface area (Å²) in [6, 6.07) is 7.23. The summed E-state index contributed by atoms with van der Waals surface area (Å²) in [5.74, 6) is 8.90. The monoisotopic (exact) mass is 593 g/mol. The maximum atomic E-state index is 13.1. The molecule has 2 fully saturated rings. The molecule has 1 aromatic carbocycles. The van der Waals surface area contributed by atoms with Crippen LogP contribution in [0.1, 0.15) is 37.7 Å². The van der Waals surface area contributed by atoms with Crippen LogP contribution in [0.2, 0.25) is 10.0 Å². The second kappa shape index (κ2) is 15.0. The number of hydrogen-bond acceptors (Lipinski definition) is 9. The van der Waals surface area contributed by atoms with Gasteiger partial charge in [-0.05, 0) is 30.5 Å². The van der Waals surface area contributed by atoms with Crippen molar-refractivity contribution in [1.82, 2.24) is 14.9 Å². The normalized spacial score (nSPS) is 16.3. The Morgan fingerprint density at radius 1 is 0.975 bits per heavy atom. The van der Waals surface area contributed by atoms with E-state index in [9.17, 15) is 4.79 Å². The molecule has 40 heavy (non-hydrogen) atoms. The molecule has 4 rings (SSSR count). The van der Waals surface area contributed by atoms with Gasteiger partial charge in [-0.1, -0.05) is 48.5 Å². The van der Waals surface area contributed by atoms with E-state index in [1.54, 1.807) is 31.4 Å². The van der Waals surface area contributed by atoms with Crippen molar-refractivity contribution in [3.05, 3.63) is 39.9 Å². The first-order chi connectivity index (χ1) is 19.4. The van der Waals surface area contributed by atoms with Crippen LogP contribution in [0.4, 0.5) is 17.6 Å². The van der Waals surface area contributed by atoms with Crippen molar-refractivity contribution in [3.63, 3.8) is 0 Å². The Balaban J connectivity index is 1.56. The first kappa shape index (κ1) is 30.6. The molecule has 0 unspecified atom stereocenters. The molecule has 1 amide bonds. The van der Waals surface area contributed by atoms with Crippen LogP contribution in [0.3, 0.4) is 0 Å². The number of carbonyl (C=O) groups excluding carboxylic acids is 1. The molecule has 0 atom stereocenters. The number of piperazine rings is 1. The van der Waals surface area contributed by atoms with Crippen molar-refractivity contribution in [1.29, 1.82) is 0 Å². The summed E-state index contributed by atoms with van der Waals surface area (Å²) in [6.45, 7) is 5.30. The second-order valence-corrected chi connectivity index (χ2v) is 11.2. The van der Waals surface area contributed by atoms with Gasteiger partial charge in [0, 0.05) is 75.5 Å². The minimum atomic E-state index is 0.173. The molecule has 1 saturated carbocycles. The molecule has 0 radical (unpaired) electrons. The van der Waals surface area contributed by atoms with Gasteiger partial charge in [0.05, 0.1) is 19.8 Å². The molecule has 1 aromatic heterocycles. The summed E-state index contributed by atoms with van der Waals surface area (Å²) in [5, 5.41) is 2.67. The lowest BCUT2D eigenvalue weighted by Crippen LogP contribution is -2.51. The molecule has 0 spiro atoms. The fourth-order valence-corrected chi connectivity index (χ4v) is 5.72. The topological polar surface area (TPSA) is 100 Å². The standard InChI is InChI=1S/C28H41Cl2N7O3/c1-39-16-14-34(15-17-40-2)25-19-26(37(31)20-22-8-9-23(29)18-24(22)30)33-28(32-25)36-12-10-35(11-13-36)27(38)21-6-4-3-5-7-21/h8-9,18-19,21H,3-7,10-17,20,31H2,1-2H3. The lowest BCUT2D eigenvalue weighted by atomic mass is 9.88. The van der Waals surface area contributed by atoms with Crippen molar-refractivity contribution in [2.45, 2.75) is 38.6 Å². The summed E-state index contributed by atoms with van der Waals surface area (Å²) in [4.78, 5) is 29.2. The summed E-state index contributed by atoms with van der Waals surface area (Å²) < 4.78 is 10.7. The minimum absolute atomic E-state index is 0.173. The van der Waals surface area contributed by atoms with Crippen LogP contribution in [0.15, 0.2) is 24.3 Å². The van der Waals surface area contributed by atoms with E-state index in [-0.39, 0.29) is 5.92 Å². The average Bonchev–Trinajstić information content (AvgIpc) is 2.98. The first-order valence-corrected chi connectivity index (χ1v) is 14.8. The number of methoxy groups -OCH3 is 2. The van der Waals surface area contributed by atoms with Gasteiger partial charge in [-0.3, -0.25) is 9.80 Å². The van der Waals surface area contributed by atoms with Gasteiger partial charge in [0.25, 0.3) is 0 Å². The number of nitrogens with zero attached hydrogens (tertiary/aromatic N) is 6. The number of nitrogens with two attached hydrogens (primary N) is 1. The Morgan fingerprint density at radius 3 is 2.25 bits per heavy atom. The first-order valence-electron chi connectivity index (χ1n) is 14.0. The SMILES string of the molecule is COCCN(CCOC)c1cc(N(N)Cc2ccc(Cl)cc2Cl)nc(N2CCN(C(=O)C3CCCCC3)CC2)n1. The largest absolute Gasteiger partial charge is 0.383 e. The number of carbonyl (C=O) groups is 1. The van der Waals surface area contributed by atoms with Gasteiger partial charge in [-0.2, -0.15) is 9.97 Å². The van der Waals surface area contributed by atoms with Crippen LogP contribution < -0.4 is 20.7 Å². The Hall–Kier alpha value is -2.37. The Kier molecular flexibility index (Phi) is 11.5. The van der Waals surface area contributed by atoms with E-state index in [2.05, 4.69) is 9.80 Å². The van der Waals surface area contributed by atoms with E-state index in [1.807, 2.05) is 17.0 Å². The highest BCUT2D eigenvalue weighted by molar-refractivity contribution is 6.35. The molecule has 2 N–H and O–H groups in total. The highest BCUT2D eigenvalue weighted by atomic mass is 35.5. The molecule has 2 aliphatic rings. The van der Waals surface area contributed by atoms with E-state index in [0.29, 0.717) is 86.7 Å². The molecule has 2 aromatic rings. The number of hydrazine groups is 1. The Bertz CT molecular complexity index is 1100. The molecule has 1 saturated heterocycles. The van der Waals surface area contributed by atoms with E-state index < -0.39 is 0 Å². The van der Waals surface area contributed by atoms with Crippen LogP contribution in [0.5, 0.6) is 0 Å². The number of aromatic nitrogens is 2. The lowest BCUT2D eigenvalue weighted by Gasteiger charge is -2.37. The van der Waals surface area contributed by atoms with Gasteiger partial charge in [0.2, 0.25) is 11.9 Å². The predicted molar refractivity (Wildman–Crippen MR) is 160 cm³/mol. The van der Waals surface area contributed by atoms with Gasteiger partial charge >= 0.3 is 0 Å². The zero-order valence-electron chi connectivity index (χ0n) is 23.5. The van der Waals surface area contributed by atoms with E-state index in [4.69, 9.17) is 48.5 Å². The smallest absolute Gasteiger partial charge is 0.229 e. The average molecular weight is 595 g/mol. The van der Waals surface area contributed by atoms with Crippen molar-refractivity contribution in [2.75, 3.05) is 81.5 Å². The number of hydrogen-bond donors (Lipinski definition) is 1. The number of halogens is 2. The molecule has 1 aliphatic heterocycles. The van der Waals surface area contributed by atoms with Gasteiger partial charge in [0.1, 0.15) is 5.82 Å². The van der Waals surface area contributed by atoms with Crippen LogP contribution in [0, 0.1) is 5.92 Å². The third-order valence-corrected chi connectivity index (χ3v) is 8.21. The number of ether oxygens (including phenoxy) is 2. The molecule has 1 aliphatic carbocycles. The predicted octanol–water partition coefficient (Wildman–Crippen LogP) is 3.99. The third-order valence-electron chi connectivity index (χ3n) is 7.62. The number of anilines is 3. The molecule has 0 bridgehead atoms. The highest BCUT2D eigenvalue weighted by Crippen LogP contribution is 2.28. The van der Waals surface area contributed by atoms with Crippen molar-refractivity contribution in [2.24, 2.45) is 11.8 Å². The number of rotatable bonds is 12. The fraction of sp³-hybridized carbons (Fsp3) is 0.607. The van der Waals surface area contributed by atoms with Gasteiger partial charge in [-0.25, -0.2) is 5.84 Å². The minimum Gasteiger partial charge on any atom is -0.383 e. The molecule has 10 nitrogen and oxygen atoms in total. The van der Waals surface area contributed by atoms with E-state index in [0.717, 1.165) is 37.1 Å². The molecular weight excluding hydrogens is 553 g/mol. The molecule has 12 heteroatoms. The van der Waals surface area contributed by atoms with Crippen LogP contribution in [-0.2, 0) is 20.8 Å². The lowest BCUT2D eigenvalue weighted by molar-refractivity contribution is -0.136. The van der Waals surface area contributed by atoms with Gasteiger partial charge in [0.15, 0.2) is 5.82 Å². The van der Waals surface area contributed by atoms with Crippen LogP contribution in [-0.4, -0.2) is 87.5 Å². The zero-order valence-corrected chi connectivity index (χ0v) is 25.0. The zero-order chi connectivity index (χ0) is 28.5. The Morgan fingerprint density at radius 2 is 1.62 bits per heavy atom. The third kappa shape index (κ3) is 8.10. The highest BCUT2D eigenvalue weighted by Gasteiger charge is 2.29.